The maximum Gasteiger partial charge on any atom is 0.411 e. The maximum absolute atomic E-state index is 15.0. The van der Waals surface area contributed by atoms with Gasteiger partial charge in [-0.25, -0.2) is 22.0 Å². The smallest absolute Gasteiger partial charge is 0.411 e. The Balaban J connectivity index is 1.44. The number of nitrogens with zero attached hydrogens (tertiary/aromatic N) is 3. The summed E-state index contributed by atoms with van der Waals surface area (Å²) in [7, 11) is -2.11. The number of pyridine rings is 1. The number of alkyl halides is 5. The number of halogens is 5. The number of nitrogens with one attached hydrogen (secondary N) is 2. The molecule has 2 saturated carbocycles. The number of benzene rings is 1. The number of aromatic nitrogens is 1. The monoisotopic (exact) mass is 887 g/mol. The van der Waals surface area contributed by atoms with Crippen molar-refractivity contribution < 1.29 is 68.9 Å². The quantitative estimate of drug-likeness (QED) is 0.204. The Morgan fingerprint density at radius 1 is 1.08 bits per heavy atom. The predicted molar refractivity (Wildman–Crippen MR) is 208 cm³/mol. The number of hydrogen-bond acceptors (Lipinski definition) is 10. The lowest BCUT2D eigenvalue weighted by atomic mass is 9.85. The summed E-state index contributed by atoms with van der Waals surface area (Å²) in [6.45, 7) is 4.07. The van der Waals surface area contributed by atoms with Gasteiger partial charge in [0.2, 0.25) is 33.6 Å². The summed E-state index contributed by atoms with van der Waals surface area (Å²) in [6, 6.07) is 2.94. The largest absolute Gasteiger partial charge is 0.497 e. The minimum Gasteiger partial charge on any atom is -0.497 e. The average molecular weight is 888 g/mol. The van der Waals surface area contributed by atoms with Crippen LogP contribution in [0.5, 0.6) is 17.5 Å². The third-order valence-corrected chi connectivity index (χ3v) is 14.6. The molecular formula is C40H50F5N5O10S. The van der Waals surface area contributed by atoms with Gasteiger partial charge < -0.3 is 29.5 Å². The molecule has 336 valence electrons. The van der Waals surface area contributed by atoms with Crippen LogP contribution in [0, 0.1) is 17.8 Å². The summed E-state index contributed by atoms with van der Waals surface area (Å²) in [5.41, 5.74) is -5.09. The van der Waals surface area contributed by atoms with Crippen LogP contribution in [-0.4, -0.2) is 120 Å². The number of hydrogen-bond donors (Lipinski definition) is 3. The highest BCUT2D eigenvalue weighted by Crippen LogP contribution is 2.50. The highest BCUT2D eigenvalue weighted by Gasteiger charge is 2.67. The lowest BCUT2D eigenvalue weighted by Gasteiger charge is -2.45. The number of ether oxygens (including phenoxy) is 3. The molecule has 1 saturated heterocycles. The van der Waals surface area contributed by atoms with Gasteiger partial charge in [0, 0.05) is 23.8 Å². The Morgan fingerprint density at radius 3 is 2.36 bits per heavy atom. The number of fused-ring (bicyclic) bond motifs is 3. The van der Waals surface area contributed by atoms with Gasteiger partial charge in [0.1, 0.15) is 35.0 Å². The van der Waals surface area contributed by atoms with Gasteiger partial charge >= 0.3 is 12.3 Å². The van der Waals surface area contributed by atoms with Crippen LogP contribution >= 0.6 is 0 Å². The van der Waals surface area contributed by atoms with Gasteiger partial charge in [0.15, 0.2) is 4.75 Å². The van der Waals surface area contributed by atoms with Crippen LogP contribution in [0.1, 0.15) is 72.6 Å². The Hall–Kier alpha value is -4.95. The highest BCUT2D eigenvalue weighted by molar-refractivity contribution is 7.91. The molecule has 7 atom stereocenters. The molecule has 3 fully saturated rings. The van der Waals surface area contributed by atoms with E-state index in [0.29, 0.717) is 43.2 Å². The maximum atomic E-state index is 15.0. The van der Waals surface area contributed by atoms with Gasteiger partial charge in [-0.15, -0.1) is 0 Å². The van der Waals surface area contributed by atoms with Gasteiger partial charge in [-0.1, -0.05) is 26.0 Å². The first kappa shape index (κ1) is 45.6. The fourth-order valence-electron chi connectivity index (χ4n) is 8.51. The third kappa shape index (κ3) is 8.49. The van der Waals surface area contributed by atoms with Crippen LogP contribution in [0.4, 0.5) is 26.7 Å². The van der Waals surface area contributed by atoms with Crippen molar-refractivity contribution in [3.8, 4) is 17.5 Å². The summed E-state index contributed by atoms with van der Waals surface area (Å²) in [4.78, 5) is 61.9. The van der Waals surface area contributed by atoms with E-state index in [4.69, 9.17) is 14.2 Å². The van der Waals surface area contributed by atoms with Crippen molar-refractivity contribution in [3.63, 3.8) is 0 Å². The first-order chi connectivity index (χ1) is 28.4. The first-order valence-electron chi connectivity index (χ1n) is 19.9. The summed E-state index contributed by atoms with van der Waals surface area (Å²) < 4.78 is 115. The molecule has 4 amide bonds. The van der Waals surface area contributed by atoms with Crippen LogP contribution < -0.4 is 24.2 Å². The van der Waals surface area contributed by atoms with Crippen LogP contribution in [-0.2, 0) is 24.4 Å². The van der Waals surface area contributed by atoms with Gasteiger partial charge in [-0.2, -0.15) is 18.2 Å². The number of sulfonamides is 1. The van der Waals surface area contributed by atoms with Crippen LogP contribution in [0.15, 0.2) is 36.4 Å². The lowest BCUT2D eigenvalue weighted by molar-refractivity contribution is -0.222. The number of methoxy groups -OCH3 is 2. The number of amides is 4. The molecular weight excluding hydrogens is 838 g/mol. The third-order valence-electron chi connectivity index (χ3n) is 12.5. The predicted octanol–water partition coefficient (Wildman–Crippen LogP) is 5.42. The molecule has 1 aromatic carbocycles. The van der Waals surface area contributed by atoms with E-state index in [1.807, 2.05) is 0 Å². The van der Waals surface area contributed by atoms with E-state index >= 15 is 4.79 Å². The van der Waals surface area contributed by atoms with Gasteiger partial charge in [0.25, 0.3) is 12.3 Å². The molecule has 4 aliphatic rings. The average Bonchev–Trinajstić information content (AvgIpc) is 4.09. The summed E-state index contributed by atoms with van der Waals surface area (Å²) in [5.74, 6) is -4.99. The summed E-state index contributed by atoms with van der Waals surface area (Å²) in [6.07, 6.45) is -8.75. The lowest BCUT2D eigenvalue weighted by Crippen LogP contribution is -2.66. The number of carboxylic acid groups (broad SMARTS) is 1. The first-order valence-corrected chi connectivity index (χ1v) is 21.3. The molecule has 1 aromatic heterocycles. The van der Waals surface area contributed by atoms with Crippen molar-refractivity contribution in [3.05, 3.63) is 36.4 Å². The fraction of sp³-hybridized carbons (Fsp3) is 0.625. The zero-order valence-electron chi connectivity index (χ0n) is 34.4. The molecule has 6 rings (SSSR count). The zero-order valence-corrected chi connectivity index (χ0v) is 35.2. The molecule has 2 aromatic rings. The van der Waals surface area contributed by atoms with E-state index in [1.54, 1.807) is 48.1 Å². The fourth-order valence-corrected chi connectivity index (χ4v) is 10.0. The van der Waals surface area contributed by atoms with E-state index in [1.165, 1.54) is 21.1 Å². The molecule has 0 spiro atoms. The van der Waals surface area contributed by atoms with Gasteiger partial charge in [-0.05, 0) is 87.8 Å². The number of allylic oxidation sites excluding steroid dienone is 1. The molecule has 2 aliphatic carbocycles. The zero-order chi connectivity index (χ0) is 45.0. The minimum absolute atomic E-state index is 0.0109. The van der Waals surface area contributed by atoms with Crippen molar-refractivity contribution in [1.29, 1.82) is 0 Å². The SMILES string of the molecule is COc1ccc2c(O[C@@H]3C[C@H]4C(=O)N[C@]5(C(=O)NS(=O)(=O)C6(C(F)F)CC6)C[C@H]5/C=C\CC[C@@H](C)C[C@@H](C)[C@H](N(C(=O)O)C(C)(C)C(F)(F)F)C(=O)N4C3)nc(OC)cc2c1. The molecule has 0 bridgehead atoms. The van der Waals surface area contributed by atoms with Crippen LogP contribution in [0.3, 0.4) is 0 Å². The number of rotatable bonds is 10. The summed E-state index contributed by atoms with van der Waals surface area (Å²) in [5, 5.41) is 14.0. The number of carbonyl (C=O) groups is 4. The second kappa shape index (κ2) is 16.4. The van der Waals surface area contributed by atoms with Crippen molar-refractivity contribution in [2.24, 2.45) is 17.8 Å². The molecule has 2 aliphatic heterocycles. The second-order valence-corrected chi connectivity index (χ2v) is 19.1. The second-order valence-electron chi connectivity index (χ2n) is 17.1. The van der Waals surface area contributed by atoms with E-state index in [-0.39, 0.29) is 41.8 Å². The Labute approximate surface area is 349 Å². The van der Waals surface area contributed by atoms with Crippen LogP contribution in [0.25, 0.3) is 10.8 Å². The summed E-state index contributed by atoms with van der Waals surface area (Å²) >= 11 is 0. The molecule has 15 nitrogen and oxygen atoms in total. The normalized spacial score (nSPS) is 28.7. The van der Waals surface area contributed by atoms with Crippen LogP contribution in [0.2, 0.25) is 0 Å². The molecule has 0 radical (unpaired) electrons. The highest BCUT2D eigenvalue weighted by atomic mass is 32.2. The van der Waals surface area contributed by atoms with Gasteiger partial charge in [-0.3, -0.25) is 24.0 Å². The van der Waals surface area contributed by atoms with Crippen molar-refractivity contribution in [2.45, 2.75) is 119 Å². The molecule has 61 heavy (non-hydrogen) atoms. The minimum atomic E-state index is -5.15. The topological polar surface area (TPSA) is 194 Å². The van der Waals surface area contributed by atoms with Gasteiger partial charge in [0.05, 0.1) is 20.8 Å². The Bertz CT molecular complexity index is 2200. The molecule has 21 heteroatoms. The van der Waals surface area contributed by atoms with Crippen molar-refractivity contribution in [2.75, 3.05) is 20.8 Å². The molecule has 3 N–H and O–H groups in total. The van der Waals surface area contributed by atoms with E-state index in [2.05, 4.69) is 10.3 Å². The van der Waals surface area contributed by atoms with E-state index < -0.39 is 112 Å². The van der Waals surface area contributed by atoms with Crippen molar-refractivity contribution >= 4 is 44.6 Å². The van der Waals surface area contributed by atoms with Crippen molar-refractivity contribution in [1.82, 2.24) is 24.8 Å². The van der Waals surface area contributed by atoms with E-state index in [9.17, 15) is 49.9 Å². The van der Waals surface area contributed by atoms with E-state index in [0.717, 1.165) is 4.90 Å². The molecule has 0 unspecified atom stereocenters. The molecule has 3 heterocycles. The number of carbonyl (C=O) groups excluding carboxylic acids is 3. The Kier molecular flexibility index (Phi) is 12.2. The Morgan fingerprint density at radius 2 is 1.77 bits per heavy atom. The standard InChI is InChI=1S/C40H50F5N5O10S/c1-21-9-7-8-10-24-19-39(24,35(53)48-61(56,57)38(13-14-38)34(41)42)47-31(51)28-18-26(60-32-27-12-11-25(58-5)16-23(27)17-29(46-32)59-6)20-49(28)33(52)30(22(2)15-21)50(36(54)55)37(3,4)40(43,44)45/h8,10-12,16-17,21-22,24,26,28,30,34H,7,9,13-15,18-20H2,1-6H3,(H,47,51)(H,48,53)(H,54,55)/b10-8-/t21-,22-,24-,26-,28+,30+,39-/m1/s1.